The fourth-order valence-electron chi connectivity index (χ4n) is 3.29. The van der Waals surface area contributed by atoms with Crippen molar-refractivity contribution in [1.29, 1.82) is 0 Å². The van der Waals surface area contributed by atoms with Gasteiger partial charge in [-0.25, -0.2) is 4.98 Å². The molecule has 24 heavy (non-hydrogen) atoms. The lowest BCUT2D eigenvalue weighted by molar-refractivity contribution is 0.00882. The van der Waals surface area contributed by atoms with Crippen molar-refractivity contribution >= 4 is 12.4 Å². The van der Waals surface area contributed by atoms with Crippen LogP contribution in [0, 0.1) is 6.92 Å². The highest BCUT2D eigenvalue weighted by molar-refractivity contribution is 5.85. The Labute approximate surface area is 149 Å². The zero-order valence-electron chi connectivity index (χ0n) is 14.6. The van der Waals surface area contributed by atoms with E-state index >= 15 is 0 Å². The average molecular weight is 355 g/mol. The fourth-order valence-corrected chi connectivity index (χ4v) is 3.29. The third-order valence-corrected chi connectivity index (χ3v) is 4.49. The largest absolute Gasteiger partial charge is 0.377 e. The van der Waals surface area contributed by atoms with Gasteiger partial charge in [0.1, 0.15) is 11.6 Å². The lowest BCUT2D eigenvalue weighted by Gasteiger charge is -2.33. The predicted molar refractivity (Wildman–Crippen MR) is 94.7 cm³/mol. The van der Waals surface area contributed by atoms with E-state index in [4.69, 9.17) is 10.5 Å². The number of aryl methyl sites for hydroxylation is 2. The summed E-state index contributed by atoms with van der Waals surface area (Å²) < 4.78 is 9.69. The van der Waals surface area contributed by atoms with Crippen molar-refractivity contribution in [1.82, 2.24) is 24.5 Å². The minimum atomic E-state index is 0. The molecule has 2 heterocycles. The lowest BCUT2D eigenvalue weighted by Crippen LogP contribution is -2.42. The van der Waals surface area contributed by atoms with E-state index in [9.17, 15) is 0 Å². The molecule has 1 aliphatic rings. The topological polar surface area (TPSA) is 83.8 Å². The molecule has 3 atom stereocenters. The Kier molecular flexibility index (Phi) is 6.37. The molecule has 1 aliphatic carbocycles. The van der Waals surface area contributed by atoms with Gasteiger partial charge in [-0.3, -0.25) is 4.68 Å². The van der Waals surface area contributed by atoms with Gasteiger partial charge in [0.15, 0.2) is 5.82 Å². The molecule has 0 saturated heterocycles. The summed E-state index contributed by atoms with van der Waals surface area (Å²) in [6, 6.07) is 2.07. The van der Waals surface area contributed by atoms with Crippen molar-refractivity contribution in [3.63, 3.8) is 0 Å². The molecule has 0 unspecified atom stereocenters. The normalized spacial score (nSPS) is 23.9. The summed E-state index contributed by atoms with van der Waals surface area (Å²) in [5.74, 6) is 3.01. The number of rotatable bonds is 5. The van der Waals surface area contributed by atoms with E-state index in [2.05, 4.69) is 22.1 Å². The quantitative estimate of drug-likeness (QED) is 0.889. The van der Waals surface area contributed by atoms with Crippen LogP contribution in [0.2, 0.25) is 0 Å². The number of aromatic nitrogens is 5. The SMILES string of the molecule is CCCO[C@@H]1C[C@@H](c2nc(C)nn2-c2ccnn2C)CC[C@H]1N.Cl. The monoisotopic (exact) mass is 354 g/mol. The van der Waals surface area contributed by atoms with Gasteiger partial charge in [0.05, 0.1) is 12.3 Å². The van der Waals surface area contributed by atoms with Gasteiger partial charge in [0, 0.05) is 31.7 Å². The van der Waals surface area contributed by atoms with Crippen LogP contribution >= 0.6 is 12.4 Å². The molecule has 3 rings (SSSR count). The van der Waals surface area contributed by atoms with Gasteiger partial charge in [0.25, 0.3) is 0 Å². The van der Waals surface area contributed by atoms with E-state index in [0.717, 1.165) is 49.8 Å². The third-order valence-electron chi connectivity index (χ3n) is 4.49. The smallest absolute Gasteiger partial charge is 0.153 e. The first kappa shape index (κ1) is 18.9. The van der Waals surface area contributed by atoms with Crippen LogP contribution in [0.25, 0.3) is 5.82 Å². The third kappa shape index (κ3) is 3.79. The first-order chi connectivity index (χ1) is 11.1. The van der Waals surface area contributed by atoms with Crippen molar-refractivity contribution in [3.8, 4) is 5.82 Å². The lowest BCUT2D eigenvalue weighted by atomic mass is 9.83. The van der Waals surface area contributed by atoms with Crippen LogP contribution < -0.4 is 5.73 Å². The minimum Gasteiger partial charge on any atom is -0.377 e. The predicted octanol–water partition coefficient (Wildman–Crippen LogP) is 2.12. The van der Waals surface area contributed by atoms with Crippen molar-refractivity contribution < 1.29 is 4.74 Å². The minimum absolute atomic E-state index is 0. The van der Waals surface area contributed by atoms with Crippen molar-refractivity contribution in [2.45, 2.75) is 57.6 Å². The first-order valence-corrected chi connectivity index (χ1v) is 8.39. The Morgan fingerprint density at radius 1 is 1.38 bits per heavy atom. The van der Waals surface area contributed by atoms with Crippen LogP contribution in [0.15, 0.2) is 12.3 Å². The standard InChI is InChI=1S/C16H26N6O.ClH/c1-4-9-23-14-10-12(5-6-13(14)17)16-19-11(2)20-22(16)15-7-8-18-21(15)3;/h7-8,12-14H,4-6,9-10,17H2,1-3H3;1H/t12-,13+,14+;/m0./s1. The summed E-state index contributed by atoms with van der Waals surface area (Å²) in [5.41, 5.74) is 6.24. The maximum Gasteiger partial charge on any atom is 0.153 e. The molecule has 0 spiro atoms. The number of ether oxygens (including phenoxy) is 1. The van der Waals surface area contributed by atoms with Crippen molar-refractivity contribution in [2.75, 3.05) is 6.61 Å². The molecule has 0 aliphatic heterocycles. The molecule has 134 valence electrons. The number of nitrogens with two attached hydrogens (primary N) is 1. The summed E-state index contributed by atoms with van der Waals surface area (Å²) in [7, 11) is 1.92. The second-order valence-corrected chi connectivity index (χ2v) is 6.33. The van der Waals surface area contributed by atoms with Crippen LogP contribution in [-0.4, -0.2) is 43.3 Å². The van der Waals surface area contributed by atoms with Gasteiger partial charge in [-0.05, 0) is 32.6 Å². The summed E-state index contributed by atoms with van der Waals surface area (Å²) in [4.78, 5) is 4.69. The highest BCUT2D eigenvalue weighted by atomic mass is 35.5. The van der Waals surface area contributed by atoms with Crippen LogP contribution in [0.4, 0.5) is 0 Å². The first-order valence-electron chi connectivity index (χ1n) is 8.39. The second kappa shape index (κ2) is 8.09. The van der Waals surface area contributed by atoms with Crippen LogP contribution in [0.1, 0.15) is 50.2 Å². The molecule has 0 amide bonds. The van der Waals surface area contributed by atoms with Crippen molar-refractivity contribution in [3.05, 3.63) is 23.9 Å². The van der Waals surface area contributed by atoms with Gasteiger partial charge < -0.3 is 10.5 Å². The van der Waals surface area contributed by atoms with E-state index < -0.39 is 0 Å². The summed E-state index contributed by atoms with van der Waals surface area (Å²) in [5, 5.41) is 8.81. The summed E-state index contributed by atoms with van der Waals surface area (Å²) in [6.07, 6.45) is 5.76. The van der Waals surface area contributed by atoms with E-state index in [1.54, 1.807) is 6.20 Å². The molecule has 7 nitrogen and oxygen atoms in total. The Morgan fingerprint density at radius 3 is 2.83 bits per heavy atom. The number of hydrogen-bond acceptors (Lipinski definition) is 5. The highest BCUT2D eigenvalue weighted by Gasteiger charge is 2.33. The number of halogens is 1. The average Bonchev–Trinajstić information content (AvgIpc) is 3.12. The fraction of sp³-hybridized carbons (Fsp3) is 0.688. The molecule has 8 heteroatoms. The molecule has 1 fully saturated rings. The van der Waals surface area contributed by atoms with Gasteiger partial charge >= 0.3 is 0 Å². The van der Waals surface area contributed by atoms with Gasteiger partial charge in [-0.15, -0.1) is 17.5 Å². The molecule has 0 bridgehead atoms. The molecule has 2 aromatic rings. The number of hydrogen-bond donors (Lipinski definition) is 1. The maximum atomic E-state index is 6.24. The van der Waals surface area contributed by atoms with E-state index in [-0.39, 0.29) is 24.6 Å². The van der Waals surface area contributed by atoms with E-state index in [1.165, 1.54) is 0 Å². The molecular weight excluding hydrogens is 328 g/mol. The van der Waals surface area contributed by atoms with Crippen molar-refractivity contribution in [2.24, 2.45) is 12.8 Å². The Morgan fingerprint density at radius 2 is 2.17 bits per heavy atom. The van der Waals surface area contributed by atoms with Gasteiger partial charge in [-0.1, -0.05) is 6.92 Å². The molecule has 2 aromatic heterocycles. The molecule has 0 radical (unpaired) electrons. The zero-order chi connectivity index (χ0) is 16.4. The Hall–Kier alpha value is -1.44. The maximum absolute atomic E-state index is 6.24. The van der Waals surface area contributed by atoms with Crippen LogP contribution in [-0.2, 0) is 11.8 Å². The second-order valence-electron chi connectivity index (χ2n) is 6.33. The molecule has 0 aromatic carbocycles. The Balaban J connectivity index is 0.00000208. The number of nitrogens with zero attached hydrogens (tertiary/aromatic N) is 5. The zero-order valence-corrected chi connectivity index (χ0v) is 15.4. The summed E-state index contributed by atoms with van der Waals surface area (Å²) >= 11 is 0. The molecule has 1 saturated carbocycles. The van der Waals surface area contributed by atoms with Gasteiger partial charge in [0.2, 0.25) is 0 Å². The van der Waals surface area contributed by atoms with Crippen LogP contribution in [0.5, 0.6) is 0 Å². The highest BCUT2D eigenvalue weighted by Crippen LogP contribution is 2.34. The summed E-state index contributed by atoms with van der Waals surface area (Å²) in [6.45, 7) is 4.81. The molecular formula is C16H27ClN6O. The van der Waals surface area contributed by atoms with E-state index in [0.29, 0.717) is 5.92 Å². The Bertz CT molecular complexity index is 655. The molecule has 2 N–H and O–H groups in total. The van der Waals surface area contributed by atoms with Gasteiger partial charge in [-0.2, -0.15) is 9.78 Å². The van der Waals surface area contributed by atoms with E-state index in [1.807, 2.05) is 29.4 Å². The van der Waals surface area contributed by atoms with Crippen LogP contribution in [0.3, 0.4) is 0 Å².